The first-order chi connectivity index (χ1) is 46.3. The Hall–Kier alpha value is -7.53. The summed E-state index contributed by atoms with van der Waals surface area (Å²) >= 11 is 8.41. The van der Waals surface area contributed by atoms with Gasteiger partial charge in [-0.3, -0.25) is 43.2 Å². The number of fused-ring (bicyclic) bond motifs is 4. The van der Waals surface area contributed by atoms with E-state index in [1.165, 1.54) is 35.4 Å². The number of Topliss-reactive ketones (excluding diaryl/α,β-unsaturated/α-hetero) is 4. The van der Waals surface area contributed by atoms with Crippen LogP contribution in [0.4, 0.5) is 0 Å². The third kappa shape index (κ3) is 22.2. The summed E-state index contributed by atoms with van der Waals surface area (Å²) in [4.78, 5) is 142. The quantitative estimate of drug-likeness (QED) is 0.00602. The molecule has 4 heterocycles. The molecule has 32 heteroatoms. The van der Waals surface area contributed by atoms with Crippen molar-refractivity contribution in [3.05, 3.63) is 118 Å². The molecule has 0 unspecified atom stereocenters. The Morgan fingerprint density at radius 1 is 0.446 bits per heavy atom. The minimum Gasteiger partial charge on any atom is -0.742 e. The van der Waals surface area contributed by atoms with E-state index in [1.54, 1.807) is 122 Å². The molecule has 8 aromatic rings. The van der Waals surface area contributed by atoms with Crippen LogP contribution < -0.4 is 93.3 Å². The SMILES string of the molecule is C.CC(=O)SCn1c(C)c(C(=O)C(N)=O)c2c(OCC(=O)OC(C)(C)C)cccc21.CC(=O)[S-].CCOc1cccc2c1c(C(=O)C(N)=O)c(C)n2CSSCn1c(C)c(C(=O)C(N)=O)c2c(OCC)cccc21.Cc1c(C(=O)C(N)=O)c2c(OCC(=O)OC(C)(C)C)cccc2n1CBr.[K+]. The first-order valence-electron chi connectivity index (χ1n) is 30.3. The molecule has 0 spiro atoms. The zero-order valence-electron chi connectivity index (χ0n) is 58.0. The summed E-state index contributed by atoms with van der Waals surface area (Å²) in [6.45, 7) is 24.0. The van der Waals surface area contributed by atoms with Crippen LogP contribution in [0.2, 0.25) is 0 Å². The number of halogens is 1. The van der Waals surface area contributed by atoms with Crippen LogP contribution >= 0.6 is 49.3 Å². The topological polar surface area (TPSA) is 384 Å². The number of esters is 2. The number of ether oxygens (including phenoxy) is 6. The molecule has 0 bridgehead atoms. The first-order valence-corrected chi connectivity index (χ1v) is 35.3. The second-order valence-corrected chi connectivity index (χ2v) is 28.0. The fraction of sp³-hybridized carbons (Fsp3) is 0.362. The van der Waals surface area contributed by atoms with E-state index >= 15 is 0 Å². The van der Waals surface area contributed by atoms with E-state index in [2.05, 4.69) is 28.6 Å². The Labute approximate surface area is 652 Å². The molecule has 26 nitrogen and oxygen atoms in total. The number of rotatable bonds is 26. The molecular formula is C69H82BrKN8O18S4. The molecule has 0 aliphatic heterocycles. The van der Waals surface area contributed by atoms with Gasteiger partial charge in [0.15, 0.2) is 18.3 Å². The number of carbonyl (C=O) groups excluding carboxylic acids is 12. The molecule has 8 rings (SSSR count). The van der Waals surface area contributed by atoms with E-state index in [0.29, 0.717) is 103 Å². The first kappa shape index (κ1) is 87.7. The summed E-state index contributed by atoms with van der Waals surface area (Å²) in [5.41, 5.74) is 26.1. The smallest absolute Gasteiger partial charge is 0.742 e. The van der Waals surface area contributed by atoms with Crippen LogP contribution in [0, 0.1) is 27.7 Å². The van der Waals surface area contributed by atoms with Crippen LogP contribution in [0.1, 0.15) is 141 Å². The molecule has 8 N–H and O–H groups in total. The summed E-state index contributed by atoms with van der Waals surface area (Å²) in [5, 5.41) is 1.58. The molecule has 0 aliphatic rings. The van der Waals surface area contributed by atoms with Gasteiger partial charge in [-0.25, -0.2) is 9.59 Å². The summed E-state index contributed by atoms with van der Waals surface area (Å²) in [6.07, 6.45) is 0. The van der Waals surface area contributed by atoms with Gasteiger partial charge in [-0.05, 0) is 139 Å². The number of nitrogens with two attached hydrogens (primary N) is 4. The second-order valence-electron chi connectivity index (χ2n) is 23.4. The number of benzene rings is 4. The summed E-state index contributed by atoms with van der Waals surface area (Å²) < 4.78 is 40.6. The number of primary amides is 4. The van der Waals surface area contributed by atoms with Crippen molar-refractivity contribution in [1.29, 1.82) is 0 Å². The second kappa shape index (κ2) is 38.7. The summed E-state index contributed by atoms with van der Waals surface area (Å²) in [5.74, 6) is -5.81. The Kier molecular flexibility index (Phi) is 33.6. The van der Waals surface area contributed by atoms with Crippen molar-refractivity contribution < 1.29 is 137 Å². The van der Waals surface area contributed by atoms with Gasteiger partial charge < -0.3 is 87.0 Å². The maximum Gasteiger partial charge on any atom is 1.00 e. The molecule has 0 saturated carbocycles. The van der Waals surface area contributed by atoms with E-state index in [-0.39, 0.29) is 116 Å². The molecule has 0 aliphatic carbocycles. The fourth-order valence-corrected chi connectivity index (χ4v) is 13.8. The van der Waals surface area contributed by atoms with Gasteiger partial charge in [-0.2, -0.15) is 0 Å². The normalized spacial score (nSPS) is 10.9. The number of hydrogen-bond donors (Lipinski definition) is 4. The van der Waals surface area contributed by atoms with E-state index in [9.17, 15) is 57.5 Å². The average molecular weight is 1560 g/mol. The number of ketones is 4. The Morgan fingerprint density at radius 2 is 0.693 bits per heavy atom. The predicted octanol–water partition coefficient (Wildman–Crippen LogP) is 7.33. The van der Waals surface area contributed by atoms with Crippen molar-refractivity contribution in [1.82, 2.24) is 18.3 Å². The summed E-state index contributed by atoms with van der Waals surface area (Å²) in [7, 11) is 3.04. The van der Waals surface area contributed by atoms with Gasteiger partial charge in [0.25, 0.3) is 46.8 Å². The van der Waals surface area contributed by atoms with Crippen molar-refractivity contribution in [2.45, 2.75) is 139 Å². The fourth-order valence-electron chi connectivity index (χ4n) is 10.4. The largest absolute Gasteiger partial charge is 1.00 e. The minimum atomic E-state index is -1.10. The number of nitrogens with zero attached hydrogens (tertiary/aromatic N) is 4. The number of amides is 4. The number of thioether (sulfide) groups is 1. The molecule has 0 atom stereocenters. The third-order valence-electron chi connectivity index (χ3n) is 14.1. The molecular weight excluding hydrogens is 1480 g/mol. The Bertz CT molecular complexity index is 4380. The van der Waals surface area contributed by atoms with Crippen LogP contribution in [0.3, 0.4) is 0 Å². The van der Waals surface area contributed by atoms with Gasteiger partial charge >= 0.3 is 63.3 Å². The Morgan fingerprint density at radius 3 is 0.931 bits per heavy atom. The van der Waals surface area contributed by atoms with Gasteiger partial charge in [0.05, 0.1) is 102 Å². The average Bonchev–Trinajstić information content (AvgIpc) is 1.64. The molecule has 4 amide bonds. The van der Waals surface area contributed by atoms with Gasteiger partial charge in [0, 0.05) is 34.8 Å². The van der Waals surface area contributed by atoms with Crippen LogP contribution in [0.5, 0.6) is 23.0 Å². The standard InChI is InChI=1S/C28H30N4O6S2.C20H24N2O6S.C18H21BrN2O5.C2H4OS.CH4.K/c1-5-37-19-11-7-9-17-23(19)21(25(33)27(29)35)15(3)31(17)13-39-40-14-32-16(4)22(26(34)28(30)36)24-18(32)10-8-12-20(24)38-6-2;1-11-16(18(25)19(21)26)17-13(22(11)10-29-12(2)23)7-6-8-14(17)27-9-15(24)28-20(3,4)5;1-10-14(16(23)17(20)24)15-11(21(10)9-19)6-5-7-12(15)25-8-13(22)26-18(2,3)4;1-2(3)4;;/h7-12H,5-6,13-14H2,1-4H3,(H2,29,35)(H2,30,36);6-8H,9-10H2,1-5H3,(H2,21,26);5-7H,8-9H2,1-4H3,(H2,20,24);1H3,(H,3,4);1H4;/q;;;;;+1/p-1. The predicted molar refractivity (Wildman–Crippen MR) is 393 cm³/mol. The molecule has 101 heavy (non-hydrogen) atoms. The molecule has 4 aromatic heterocycles. The number of hydrogen-bond acceptors (Lipinski definition) is 22. The van der Waals surface area contributed by atoms with Crippen molar-refractivity contribution >= 4 is 174 Å². The van der Waals surface area contributed by atoms with E-state index in [0.717, 1.165) is 22.8 Å². The van der Waals surface area contributed by atoms with E-state index in [1.807, 2.05) is 51.8 Å². The molecule has 4 aromatic carbocycles. The summed E-state index contributed by atoms with van der Waals surface area (Å²) in [6, 6.07) is 21.1. The van der Waals surface area contributed by atoms with Crippen molar-refractivity contribution in [3.63, 3.8) is 0 Å². The van der Waals surface area contributed by atoms with Crippen molar-refractivity contribution in [3.8, 4) is 23.0 Å². The van der Waals surface area contributed by atoms with Gasteiger partial charge in [-0.1, -0.05) is 81.0 Å². The van der Waals surface area contributed by atoms with Crippen molar-refractivity contribution in [2.24, 2.45) is 22.9 Å². The molecule has 538 valence electrons. The monoisotopic (exact) mass is 1560 g/mol. The third-order valence-corrected chi connectivity index (χ3v) is 17.5. The minimum absolute atomic E-state index is 0. The zero-order chi connectivity index (χ0) is 74.3. The molecule has 0 fully saturated rings. The van der Waals surface area contributed by atoms with Gasteiger partial charge in [0.2, 0.25) is 0 Å². The number of alkyl halides is 1. The maximum absolute atomic E-state index is 12.8. The number of carbonyl (C=O) groups is 12. The van der Waals surface area contributed by atoms with Crippen LogP contribution in [-0.2, 0) is 83.5 Å². The molecule has 0 radical (unpaired) electrons. The Balaban J connectivity index is 0.000000389. The van der Waals surface area contributed by atoms with Crippen LogP contribution in [-0.4, -0.2) is 125 Å². The van der Waals surface area contributed by atoms with Crippen LogP contribution in [0.15, 0.2) is 72.8 Å². The van der Waals surface area contributed by atoms with E-state index in [4.69, 9.17) is 51.4 Å². The van der Waals surface area contributed by atoms with Crippen molar-refractivity contribution in [2.75, 3.05) is 26.4 Å². The van der Waals surface area contributed by atoms with Gasteiger partial charge in [-0.15, -0.1) is 0 Å². The maximum atomic E-state index is 12.8. The van der Waals surface area contributed by atoms with E-state index < -0.39 is 69.9 Å². The number of aromatic nitrogens is 4. The zero-order valence-corrected chi connectivity index (χ0v) is 66.0. The van der Waals surface area contributed by atoms with Crippen LogP contribution in [0.25, 0.3) is 43.6 Å². The molecule has 0 saturated heterocycles. The van der Waals surface area contributed by atoms with Gasteiger partial charge in [0.1, 0.15) is 34.2 Å².